The number of alkyl halides is 2. The van der Waals surface area contributed by atoms with Crippen LogP contribution in [-0.4, -0.2) is 54.8 Å². The molecular formula is C21H23F3N2O6. The van der Waals surface area contributed by atoms with Crippen molar-refractivity contribution in [3.63, 3.8) is 0 Å². The Labute approximate surface area is 181 Å². The number of aromatic carboxylic acids is 1. The fourth-order valence-electron chi connectivity index (χ4n) is 4.02. The highest BCUT2D eigenvalue weighted by Gasteiger charge is 2.31. The molecule has 8 nitrogen and oxygen atoms in total. The first kappa shape index (κ1) is 23.4. The number of pyridine rings is 1. The Balaban J connectivity index is 2.14. The summed E-state index contributed by atoms with van der Waals surface area (Å²) in [4.78, 5) is 37.6. The fraction of sp³-hybridized carbons (Fsp3) is 0.476. The molecule has 0 unspecified atom stereocenters. The maximum absolute atomic E-state index is 15.2. The smallest absolute Gasteiger partial charge is 0.341 e. The second-order valence-electron chi connectivity index (χ2n) is 7.37. The summed E-state index contributed by atoms with van der Waals surface area (Å²) < 4.78 is 52.9. The van der Waals surface area contributed by atoms with Gasteiger partial charge in [-0.1, -0.05) is 0 Å². The van der Waals surface area contributed by atoms with Gasteiger partial charge in [-0.05, 0) is 25.8 Å². The van der Waals surface area contributed by atoms with E-state index < -0.39 is 35.7 Å². The quantitative estimate of drug-likeness (QED) is 0.640. The number of carboxylic acid groups (broad SMARTS) is 1. The van der Waals surface area contributed by atoms with Crippen molar-refractivity contribution < 1.29 is 37.3 Å². The zero-order valence-corrected chi connectivity index (χ0v) is 17.6. The SMILES string of the molecule is CCOC(=O)C1CCN(c2c(F)cc3c(=O)c(C(=O)O)cn(CC(F)F)c3c2OC)CC1. The Morgan fingerprint density at radius 3 is 2.47 bits per heavy atom. The third-order valence-corrected chi connectivity index (χ3v) is 5.44. The number of carboxylic acids is 1. The van der Waals surface area contributed by atoms with Gasteiger partial charge < -0.3 is 24.0 Å². The number of hydrogen-bond donors (Lipinski definition) is 1. The molecule has 1 N–H and O–H groups in total. The van der Waals surface area contributed by atoms with Gasteiger partial charge in [-0.2, -0.15) is 0 Å². The Morgan fingerprint density at radius 2 is 1.94 bits per heavy atom. The minimum Gasteiger partial charge on any atom is -0.492 e. The number of benzene rings is 1. The van der Waals surface area contributed by atoms with Gasteiger partial charge in [-0.15, -0.1) is 0 Å². The summed E-state index contributed by atoms with van der Waals surface area (Å²) >= 11 is 0. The average Bonchev–Trinajstić information content (AvgIpc) is 2.74. The van der Waals surface area contributed by atoms with E-state index in [0.29, 0.717) is 12.8 Å². The zero-order chi connectivity index (χ0) is 23.6. The van der Waals surface area contributed by atoms with Crippen LogP contribution in [0.5, 0.6) is 5.75 Å². The number of carbonyl (C=O) groups excluding carboxylic acids is 1. The number of nitrogens with zero attached hydrogens (tertiary/aromatic N) is 2. The van der Waals surface area contributed by atoms with Crippen molar-refractivity contribution in [1.82, 2.24) is 4.57 Å². The van der Waals surface area contributed by atoms with Crippen LogP contribution in [0.25, 0.3) is 10.9 Å². The van der Waals surface area contributed by atoms with Gasteiger partial charge in [0.25, 0.3) is 6.43 Å². The summed E-state index contributed by atoms with van der Waals surface area (Å²) in [6.07, 6.45) is -1.26. The van der Waals surface area contributed by atoms with Gasteiger partial charge in [0.05, 0.1) is 37.1 Å². The van der Waals surface area contributed by atoms with Crippen molar-refractivity contribution in [3.8, 4) is 5.75 Å². The first-order chi connectivity index (χ1) is 15.2. The monoisotopic (exact) mass is 456 g/mol. The Hall–Kier alpha value is -3.24. The molecule has 1 aliphatic heterocycles. The van der Waals surface area contributed by atoms with Crippen LogP contribution in [0.4, 0.5) is 18.9 Å². The molecule has 3 rings (SSSR count). The van der Waals surface area contributed by atoms with E-state index in [1.54, 1.807) is 11.8 Å². The Kier molecular flexibility index (Phi) is 6.95. The summed E-state index contributed by atoms with van der Waals surface area (Å²) in [6.45, 7) is 1.59. The van der Waals surface area contributed by atoms with Gasteiger partial charge in [0.1, 0.15) is 11.3 Å². The van der Waals surface area contributed by atoms with Crippen LogP contribution in [0, 0.1) is 11.7 Å². The van der Waals surface area contributed by atoms with Crippen LogP contribution in [0.3, 0.4) is 0 Å². The predicted octanol–water partition coefficient (Wildman–Crippen LogP) is 2.89. The lowest BCUT2D eigenvalue weighted by molar-refractivity contribution is -0.148. The number of anilines is 1. The molecule has 174 valence electrons. The normalized spacial score (nSPS) is 14.8. The number of rotatable bonds is 7. The van der Waals surface area contributed by atoms with E-state index in [0.717, 1.165) is 16.8 Å². The van der Waals surface area contributed by atoms with E-state index >= 15 is 4.39 Å². The van der Waals surface area contributed by atoms with Crippen LogP contribution in [-0.2, 0) is 16.1 Å². The lowest BCUT2D eigenvalue weighted by Crippen LogP contribution is -2.37. The van der Waals surface area contributed by atoms with Gasteiger partial charge in [0, 0.05) is 19.3 Å². The fourth-order valence-corrected chi connectivity index (χ4v) is 4.02. The molecule has 1 aliphatic rings. The summed E-state index contributed by atoms with van der Waals surface area (Å²) in [7, 11) is 1.21. The molecule has 2 heterocycles. The molecule has 1 fully saturated rings. The van der Waals surface area contributed by atoms with Crippen molar-refractivity contribution in [1.29, 1.82) is 0 Å². The number of hydrogen-bond acceptors (Lipinski definition) is 6. The summed E-state index contributed by atoms with van der Waals surface area (Å²) in [5, 5.41) is 8.90. The summed E-state index contributed by atoms with van der Waals surface area (Å²) in [5.74, 6) is -3.28. The number of ether oxygens (including phenoxy) is 2. The minimum absolute atomic E-state index is 0.0344. The first-order valence-electron chi connectivity index (χ1n) is 10.1. The molecule has 2 aromatic rings. The lowest BCUT2D eigenvalue weighted by Gasteiger charge is -2.34. The maximum Gasteiger partial charge on any atom is 0.341 e. The molecule has 0 aliphatic carbocycles. The van der Waals surface area contributed by atoms with Crippen LogP contribution in [0.15, 0.2) is 17.1 Å². The van der Waals surface area contributed by atoms with Crippen LogP contribution < -0.4 is 15.1 Å². The summed E-state index contributed by atoms with van der Waals surface area (Å²) in [6, 6.07) is 0.849. The topological polar surface area (TPSA) is 98.1 Å². The zero-order valence-electron chi connectivity index (χ0n) is 17.6. The number of halogens is 3. The Morgan fingerprint density at radius 1 is 1.28 bits per heavy atom. The van der Waals surface area contributed by atoms with Gasteiger partial charge in [-0.25, -0.2) is 18.0 Å². The van der Waals surface area contributed by atoms with Gasteiger partial charge in [0.15, 0.2) is 11.6 Å². The van der Waals surface area contributed by atoms with Crippen LogP contribution >= 0.6 is 0 Å². The van der Waals surface area contributed by atoms with Crippen molar-refractivity contribution in [3.05, 3.63) is 33.9 Å². The number of piperidine rings is 1. The largest absolute Gasteiger partial charge is 0.492 e. The van der Waals surface area contributed by atoms with Crippen molar-refractivity contribution in [2.75, 3.05) is 31.7 Å². The molecule has 1 saturated heterocycles. The predicted molar refractivity (Wildman–Crippen MR) is 109 cm³/mol. The van der Waals surface area contributed by atoms with Gasteiger partial charge >= 0.3 is 11.9 Å². The number of methoxy groups -OCH3 is 1. The van der Waals surface area contributed by atoms with Crippen LogP contribution in [0.2, 0.25) is 0 Å². The van der Waals surface area contributed by atoms with E-state index in [4.69, 9.17) is 9.47 Å². The summed E-state index contributed by atoms with van der Waals surface area (Å²) in [5.41, 5.74) is -1.90. The van der Waals surface area contributed by atoms with E-state index in [1.807, 2.05) is 0 Å². The molecular weight excluding hydrogens is 433 g/mol. The number of esters is 1. The van der Waals surface area contributed by atoms with Gasteiger partial charge in [-0.3, -0.25) is 9.59 Å². The molecule has 0 radical (unpaired) electrons. The van der Waals surface area contributed by atoms with Crippen molar-refractivity contribution in [2.24, 2.45) is 5.92 Å². The number of carbonyl (C=O) groups is 2. The molecule has 0 saturated carbocycles. The first-order valence-corrected chi connectivity index (χ1v) is 10.1. The lowest BCUT2D eigenvalue weighted by atomic mass is 9.96. The van der Waals surface area contributed by atoms with E-state index in [2.05, 4.69) is 0 Å². The average molecular weight is 456 g/mol. The molecule has 0 spiro atoms. The highest BCUT2D eigenvalue weighted by atomic mass is 19.3. The molecule has 1 aromatic carbocycles. The van der Waals surface area contributed by atoms with Crippen LogP contribution in [0.1, 0.15) is 30.1 Å². The van der Waals surface area contributed by atoms with E-state index in [1.165, 1.54) is 7.11 Å². The minimum atomic E-state index is -2.86. The van der Waals surface area contributed by atoms with Crippen molar-refractivity contribution >= 4 is 28.5 Å². The maximum atomic E-state index is 15.2. The molecule has 1 aromatic heterocycles. The highest BCUT2D eigenvalue weighted by molar-refractivity contribution is 5.97. The second-order valence-corrected chi connectivity index (χ2v) is 7.37. The van der Waals surface area contributed by atoms with Gasteiger partial charge in [0.2, 0.25) is 5.43 Å². The van der Waals surface area contributed by atoms with E-state index in [-0.39, 0.29) is 53.9 Å². The third kappa shape index (κ3) is 4.37. The Bertz CT molecular complexity index is 1090. The standard InChI is InChI=1S/C21H23F3N2O6/c1-3-32-21(30)11-4-6-25(7-5-11)17-14(22)8-12-16(19(17)31-2)26(10-15(23)24)9-13(18(12)27)20(28)29/h8-9,11,15H,3-7,10H2,1-2H3,(H,28,29). The molecule has 0 atom stereocenters. The number of fused-ring (bicyclic) bond motifs is 1. The molecule has 0 amide bonds. The number of aromatic nitrogens is 1. The van der Waals surface area contributed by atoms with Crippen molar-refractivity contribution in [2.45, 2.75) is 32.7 Å². The van der Waals surface area contributed by atoms with E-state index in [9.17, 15) is 28.3 Å². The second kappa shape index (κ2) is 9.49. The third-order valence-electron chi connectivity index (χ3n) is 5.44. The molecule has 32 heavy (non-hydrogen) atoms. The molecule has 11 heteroatoms. The molecule has 0 bridgehead atoms. The highest BCUT2D eigenvalue weighted by Crippen LogP contribution is 2.40.